The molecule has 136 valence electrons. The SMILES string of the molecule is CN1OCC(C(O)C2C=C(C(C)(C)C)C(O)=C(C(C)(C)C)C2)C1=O. The molecule has 0 bridgehead atoms. The Morgan fingerprint density at radius 1 is 1.21 bits per heavy atom. The maximum Gasteiger partial charge on any atom is 0.254 e. The average Bonchev–Trinajstić information content (AvgIpc) is 2.76. The molecule has 2 aliphatic rings. The zero-order valence-corrected chi connectivity index (χ0v) is 15.9. The Labute approximate surface area is 144 Å². The standard InChI is InChI=1S/C19H31NO4/c1-18(2,3)13-8-11(9-14(16(13)22)19(4,5)6)15(21)12-10-24-20(7)17(12)23/h8,11-12,15,21-22H,9-10H2,1-7H3. The van der Waals surface area contributed by atoms with Crippen LogP contribution in [0.15, 0.2) is 23.0 Å². The zero-order valence-electron chi connectivity index (χ0n) is 15.9. The van der Waals surface area contributed by atoms with Gasteiger partial charge in [0.15, 0.2) is 0 Å². The van der Waals surface area contributed by atoms with Crippen LogP contribution in [0.1, 0.15) is 48.0 Å². The first-order chi connectivity index (χ1) is 10.8. The lowest BCUT2D eigenvalue weighted by Crippen LogP contribution is -2.38. The van der Waals surface area contributed by atoms with Crippen LogP contribution < -0.4 is 0 Å². The van der Waals surface area contributed by atoms with Crippen LogP contribution in [0.25, 0.3) is 0 Å². The zero-order chi connectivity index (χ0) is 18.4. The minimum Gasteiger partial charge on any atom is -0.508 e. The summed E-state index contributed by atoms with van der Waals surface area (Å²) in [6, 6.07) is 0. The number of carbonyl (C=O) groups excluding carboxylic acids is 1. The lowest BCUT2D eigenvalue weighted by molar-refractivity contribution is -0.155. The number of nitrogens with zero attached hydrogens (tertiary/aromatic N) is 1. The number of rotatable bonds is 2. The molecule has 24 heavy (non-hydrogen) atoms. The van der Waals surface area contributed by atoms with Crippen molar-refractivity contribution in [2.75, 3.05) is 13.7 Å². The number of allylic oxidation sites excluding steroid dienone is 2. The third-order valence-corrected chi connectivity index (χ3v) is 5.00. The smallest absolute Gasteiger partial charge is 0.254 e. The molecule has 1 fully saturated rings. The molecule has 2 N–H and O–H groups in total. The summed E-state index contributed by atoms with van der Waals surface area (Å²) in [6.45, 7) is 12.5. The highest BCUT2D eigenvalue weighted by atomic mass is 16.7. The number of carbonyl (C=O) groups is 1. The Bertz CT molecular complexity index is 577. The van der Waals surface area contributed by atoms with Crippen LogP contribution in [0.5, 0.6) is 0 Å². The van der Waals surface area contributed by atoms with E-state index in [0.717, 1.165) is 11.1 Å². The second-order valence-electron chi connectivity index (χ2n) is 9.00. The lowest BCUT2D eigenvalue weighted by Gasteiger charge is -2.37. The van der Waals surface area contributed by atoms with Gasteiger partial charge in [0.05, 0.1) is 18.6 Å². The van der Waals surface area contributed by atoms with Gasteiger partial charge in [0, 0.05) is 13.0 Å². The van der Waals surface area contributed by atoms with Gasteiger partial charge in [-0.1, -0.05) is 47.6 Å². The van der Waals surface area contributed by atoms with Crippen molar-refractivity contribution in [3.8, 4) is 0 Å². The lowest BCUT2D eigenvalue weighted by atomic mass is 9.69. The number of aliphatic hydroxyl groups is 2. The number of aliphatic hydroxyl groups excluding tert-OH is 2. The van der Waals surface area contributed by atoms with Gasteiger partial charge in [0.2, 0.25) is 0 Å². The van der Waals surface area contributed by atoms with Crippen LogP contribution in [0, 0.1) is 22.7 Å². The average molecular weight is 337 g/mol. The summed E-state index contributed by atoms with van der Waals surface area (Å²) in [4.78, 5) is 17.4. The van der Waals surface area contributed by atoms with Gasteiger partial charge in [-0.15, -0.1) is 0 Å². The van der Waals surface area contributed by atoms with Crippen LogP contribution in [-0.4, -0.2) is 40.9 Å². The van der Waals surface area contributed by atoms with E-state index < -0.39 is 12.0 Å². The Balaban J connectivity index is 2.39. The van der Waals surface area contributed by atoms with Gasteiger partial charge in [0.1, 0.15) is 5.76 Å². The van der Waals surface area contributed by atoms with Crippen LogP contribution in [0.2, 0.25) is 0 Å². The van der Waals surface area contributed by atoms with Crippen LogP contribution in [-0.2, 0) is 9.63 Å². The Morgan fingerprint density at radius 3 is 2.21 bits per heavy atom. The summed E-state index contributed by atoms with van der Waals surface area (Å²) in [5.41, 5.74) is 1.31. The third kappa shape index (κ3) is 3.52. The van der Waals surface area contributed by atoms with Crippen molar-refractivity contribution in [1.82, 2.24) is 5.06 Å². The molecular formula is C19H31NO4. The normalized spacial score (nSPS) is 27.6. The molecule has 3 atom stereocenters. The van der Waals surface area contributed by atoms with Crippen molar-refractivity contribution in [3.63, 3.8) is 0 Å². The van der Waals surface area contributed by atoms with Gasteiger partial charge >= 0.3 is 0 Å². The van der Waals surface area contributed by atoms with Crippen molar-refractivity contribution in [3.05, 3.63) is 23.0 Å². The quantitative estimate of drug-likeness (QED) is 0.812. The van der Waals surface area contributed by atoms with Crippen molar-refractivity contribution in [1.29, 1.82) is 0 Å². The topological polar surface area (TPSA) is 70.0 Å². The predicted octanol–water partition coefficient (Wildman–Crippen LogP) is 3.22. The van der Waals surface area contributed by atoms with Crippen LogP contribution in [0.4, 0.5) is 0 Å². The molecule has 0 aromatic rings. The molecule has 3 unspecified atom stereocenters. The number of amides is 1. The molecule has 1 aliphatic carbocycles. The molecule has 0 aromatic heterocycles. The molecule has 2 rings (SSSR count). The van der Waals surface area contributed by atoms with Gasteiger partial charge in [-0.05, 0) is 28.4 Å². The van der Waals surface area contributed by atoms with Crippen molar-refractivity contribution in [2.45, 2.75) is 54.1 Å². The Kier molecular flexibility index (Phi) is 4.90. The van der Waals surface area contributed by atoms with Crippen LogP contribution in [0.3, 0.4) is 0 Å². The molecule has 0 spiro atoms. The fraction of sp³-hybridized carbons (Fsp3) is 0.737. The summed E-state index contributed by atoms with van der Waals surface area (Å²) >= 11 is 0. The fourth-order valence-electron chi connectivity index (χ4n) is 3.44. The highest BCUT2D eigenvalue weighted by molar-refractivity contribution is 5.79. The van der Waals surface area contributed by atoms with E-state index in [0.29, 0.717) is 12.2 Å². The molecule has 1 amide bonds. The highest BCUT2D eigenvalue weighted by Crippen LogP contribution is 2.45. The van der Waals surface area contributed by atoms with Crippen molar-refractivity contribution >= 4 is 5.91 Å². The van der Waals surface area contributed by atoms with E-state index in [1.54, 1.807) is 7.05 Å². The maximum atomic E-state index is 12.2. The minimum atomic E-state index is -0.828. The second kappa shape index (κ2) is 6.19. The Morgan fingerprint density at radius 2 is 1.79 bits per heavy atom. The van der Waals surface area contributed by atoms with Crippen LogP contribution >= 0.6 is 0 Å². The molecule has 0 saturated carbocycles. The maximum absolute atomic E-state index is 12.2. The van der Waals surface area contributed by atoms with E-state index in [-0.39, 0.29) is 29.3 Å². The monoisotopic (exact) mass is 337 g/mol. The van der Waals surface area contributed by atoms with Gasteiger partial charge in [0.25, 0.3) is 5.91 Å². The number of hydrogen-bond donors (Lipinski definition) is 2. The minimum absolute atomic E-state index is 0.190. The molecular weight excluding hydrogens is 306 g/mol. The van der Waals surface area contributed by atoms with E-state index in [1.165, 1.54) is 5.06 Å². The first-order valence-electron chi connectivity index (χ1n) is 8.58. The van der Waals surface area contributed by atoms with Crippen molar-refractivity contribution in [2.24, 2.45) is 22.7 Å². The molecule has 1 saturated heterocycles. The van der Waals surface area contributed by atoms with Gasteiger partial charge in [-0.3, -0.25) is 9.63 Å². The van der Waals surface area contributed by atoms with Crippen molar-refractivity contribution < 1.29 is 19.8 Å². The van der Waals surface area contributed by atoms with E-state index >= 15 is 0 Å². The molecule has 5 nitrogen and oxygen atoms in total. The summed E-state index contributed by atoms with van der Waals surface area (Å²) in [5.74, 6) is -0.624. The number of hydroxylamine groups is 2. The third-order valence-electron chi connectivity index (χ3n) is 5.00. The largest absolute Gasteiger partial charge is 0.508 e. The molecule has 1 aliphatic heterocycles. The molecule has 0 radical (unpaired) electrons. The molecule has 0 aromatic carbocycles. The number of hydrogen-bond acceptors (Lipinski definition) is 4. The predicted molar refractivity (Wildman–Crippen MR) is 93.0 cm³/mol. The summed E-state index contributed by atoms with van der Waals surface area (Å²) in [5, 5.41) is 22.8. The molecule has 1 heterocycles. The van der Waals surface area contributed by atoms with Gasteiger partial charge in [-0.2, -0.15) is 0 Å². The van der Waals surface area contributed by atoms with Gasteiger partial charge in [-0.25, -0.2) is 5.06 Å². The van der Waals surface area contributed by atoms with E-state index in [1.807, 2.05) is 26.8 Å². The second-order valence-corrected chi connectivity index (χ2v) is 9.00. The Hall–Kier alpha value is -1.33. The highest BCUT2D eigenvalue weighted by Gasteiger charge is 2.43. The van der Waals surface area contributed by atoms with Gasteiger partial charge < -0.3 is 10.2 Å². The summed E-state index contributed by atoms with van der Waals surface area (Å²) in [6.07, 6.45) is 1.66. The molecule has 5 heteroatoms. The first kappa shape index (κ1) is 19.0. The summed E-state index contributed by atoms with van der Waals surface area (Å²) < 4.78 is 0. The first-order valence-corrected chi connectivity index (χ1v) is 8.58. The van der Waals surface area contributed by atoms with E-state index in [2.05, 4.69) is 20.8 Å². The fourth-order valence-corrected chi connectivity index (χ4v) is 3.44. The summed E-state index contributed by atoms with van der Waals surface area (Å²) in [7, 11) is 1.57. The van der Waals surface area contributed by atoms with E-state index in [4.69, 9.17) is 4.84 Å². The van der Waals surface area contributed by atoms with E-state index in [9.17, 15) is 15.0 Å².